The van der Waals surface area contributed by atoms with Gasteiger partial charge in [0.2, 0.25) is 0 Å². The monoisotopic (exact) mass is 280 g/mol. The molecule has 1 aromatic rings. The van der Waals surface area contributed by atoms with Crippen LogP contribution < -0.4 is 0 Å². The molecule has 0 amide bonds. The first-order chi connectivity index (χ1) is 9.48. The molecule has 0 bridgehead atoms. The third-order valence-electron chi connectivity index (χ3n) is 3.43. The van der Waals surface area contributed by atoms with Crippen molar-refractivity contribution in [2.45, 2.75) is 45.8 Å². The van der Waals surface area contributed by atoms with E-state index in [2.05, 4.69) is 0 Å². The molecule has 112 valence electrons. The largest absolute Gasteiger partial charge is 0.481 e. The number of aliphatic hydroxyl groups is 1. The predicted molar refractivity (Wildman–Crippen MR) is 77.4 cm³/mol. The van der Waals surface area contributed by atoms with Gasteiger partial charge in [0, 0.05) is 0 Å². The van der Waals surface area contributed by atoms with E-state index < -0.39 is 17.5 Å². The molecule has 0 aliphatic rings. The summed E-state index contributed by atoms with van der Waals surface area (Å²) in [6.07, 6.45) is 0.787. The average molecular weight is 280 g/mol. The Morgan fingerprint density at radius 2 is 2.00 bits per heavy atom. The lowest BCUT2D eigenvalue weighted by atomic mass is 9.80. The molecule has 0 radical (unpaired) electrons. The van der Waals surface area contributed by atoms with E-state index in [1.54, 1.807) is 6.92 Å². The van der Waals surface area contributed by atoms with Gasteiger partial charge in [0.1, 0.15) is 0 Å². The van der Waals surface area contributed by atoms with Crippen molar-refractivity contribution in [2.24, 2.45) is 5.41 Å². The van der Waals surface area contributed by atoms with Gasteiger partial charge in [0.15, 0.2) is 0 Å². The third kappa shape index (κ3) is 5.31. The quantitative estimate of drug-likeness (QED) is 0.730. The molecule has 0 saturated carbocycles. The number of hydrogen-bond donors (Lipinski definition) is 2. The first-order valence-electron chi connectivity index (χ1n) is 7.01. The van der Waals surface area contributed by atoms with Gasteiger partial charge in [-0.2, -0.15) is 0 Å². The Bertz CT molecular complexity index is 404. The molecule has 0 aliphatic heterocycles. The molecule has 2 N–H and O–H groups in total. The van der Waals surface area contributed by atoms with Crippen LogP contribution in [0.15, 0.2) is 30.3 Å². The summed E-state index contributed by atoms with van der Waals surface area (Å²) < 4.78 is 5.44. The summed E-state index contributed by atoms with van der Waals surface area (Å²) in [6.45, 7) is 4.20. The van der Waals surface area contributed by atoms with Crippen LogP contribution in [0.1, 0.15) is 38.7 Å². The minimum absolute atomic E-state index is 0.154. The zero-order chi connectivity index (χ0) is 15.0. The van der Waals surface area contributed by atoms with Crippen molar-refractivity contribution in [1.29, 1.82) is 0 Å². The summed E-state index contributed by atoms with van der Waals surface area (Å²) in [5.74, 6) is -0.860. The molecule has 2 atom stereocenters. The van der Waals surface area contributed by atoms with Gasteiger partial charge < -0.3 is 14.9 Å². The summed E-state index contributed by atoms with van der Waals surface area (Å²) in [7, 11) is 0. The van der Waals surface area contributed by atoms with Crippen LogP contribution in [0.4, 0.5) is 0 Å². The molecule has 2 unspecified atom stereocenters. The maximum atomic E-state index is 11.3. The minimum Gasteiger partial charge on any atom is -0.481 e. The van der Waals surface area contributed by atoms with E-state index in [1.807, 2.05) is 37.3 Å². The van der Waals surface area contributed by atoms with Gasteiger partial charge in [-0.15, -0.1) is 0 Å². The van der Waals surface area contributed by atoms with Crippen molar-refractivity contribution < 1.29 is 19.7 Å². The van der Waals surface area contributed by atoms with E-state index in [9.17, 15) is 15.0 Å². The van der Waals surface area contributed by atoms with E-state index in [0.717, 1.165) is 12.0 Å². The van der Waals surface area contributed by atoms with Crippen molar-refractivity contribution in [3.8, 4) is 0 Å². The maximum absolute atomic E-state index is 11.3. The highest BCUT2D eigenvalue weighted by molar-refractivity contribution is 5.74. The second-order valence-corrected chi connectivity index (χ2v) is 5.47. The first-order valence-corrected chi connectivity index (χ1v) is 7.01. The first kappa shape index (κ1) is 16.7. The summed E-state index contributed by atoms with van der Waals surface area (Å²) in [5, 5.41) is 19.2. The fourth-order valence-electron chi connectivity index (χ4n) is 2.31. The molecule has 0 saturated heterocycles. The van der Waals surface area contributed by atoms with Gasteiger partial charge >= 0.3 is 5.97 Å². The fourth-order valence-corrected chi connectivity index (χ4v) is 2.31. The molecule has 1 rings (SSSR count). The fraction of sp³-hybridized carbons (Fsp3) is 0.562. The number of rotatable bonds is 9. The number of carbonyl (C=O) groups is 1. The third-order valence-corrected chi connectivity index (χ3v) is 3.43. The number of ether oxygens (including phenoxy) is 1. The highest BCUT2D eigenvalue weighted by Crippen LogP contribution is 2.29. The molecule has 20 heavy (non-hydrogen) atoms. The van der Waals surface area contributed by atoms with Crippen LogP contribution in [-0.2, 0) is 16.1 Å². The van der Waals surface area contributed by atoms with Gasteiger partial charge in [-0.05, 0) is 25.3 Å². The van der Waals surface area contributed by atoms with Crippen molar-refractivity contribution in [3.05, 3.63) is 35.9 Å². The van der Waals surface area contributed by atoms with Crippen LogP contribution in [-0.4, -0.2) is 28.9 Å². The molecule has 0 aromatic heterocycles. The Hall–Kier alpha value is -1.39. The smallest absolute Gasteiger partial charge is 0.309 e. The molecule has 0 heterocycles. The van der Waals surface area contributed by atoms with Crippen molar-refractivity contribution >= 4 is 5.97 Å². The molecule has 1 aromatic carbocycles. The van der Waals surface area contributed by atoms with E-state index in [1.165, 1.54) is 0 Å². The predicted octanol–water partition coefficient (Wildman–Crippen LogP) is 2.85. The molecular formula is C16H24O4. The van der Waals surface area contributed by atoms with Gasteiger partial charge in [-0.1, -0.05) is 43.7 Å². The Morgan fingerprint density at radius 1 is 1.35 bits per heavy atom. The highest BCUT2D eigenvalue weighted by atomic mass is 16.5. The van der Waals surface area contributed by atoms with Crippen LogP contribution in [0.2, 0.25) is 0 Å². The summed E-state index contributed by atoms with van der Waals surface area (Å²) in [4.78, 5) is 11.3. The van der Waals surface area contributed by atoms with E-state index in [4.69, 9.17) is 4.74 Å². The van der Waals surface area contributed by atoms with Crippen LogP contribution in [0.25, 0.3) is 0 Å². The SMILES string of the molecule is CCCC(C)(CC(O)COCc1ccccc1)C(=O)O. The van der Waals surface area contributed by atoms with E-state index in [0.29, 0.717) is 13.0 Å². The minimum atomic E-state index is -0.885. The number of benzene rings is 1. The van der Waals surface area contributed by atoms with Gasteiger partial charge in [0.05, 0.1) is 24.7 Å². The van der Waals surface area contributed by atoms with Crippen LogP contribution in [0.5, 0.6) is 0 Å². The number of aliphatic hydroxyl groups excluding tert-OH is 1. The standard InChI is InChI=1S/C16H24O4/c1-3-9-16(2,15(18)19)10-14(17)12-20-11-13-7-5-4-6-8-13/h4-8,14,17H,3,9-12H2,1-2H3,(H,18,19). The topological polar surface area (TPSA) is 66.8 Å². The Morgan fingerprint density at radius 3 is 2.55 bits per heavy atom. The van der Waals surface area contributed by atoms with Gasteiger partial charge in [-0.3, -0.25) is 4.79 Å². The second kappa shape index (κ2) is 8.02. The van der Waals surface area contributed by atoms with Crippen molar-refractivity contribution in [1.82, 2.24) is 0 Å². The summed E-state index contributed by atoms with van der Waals surface area (Å²) in [6, 6.07) is 9.69. The number of carboxylic acids is 1. The van der Waals surface area contributed by atoms with Crippen LogP contribution in [0, 0.1) is 5.41 Å². The van der Waals surface area contributed by atoms with Gasteiger partial charge in [0.25, 0.3) is 0 Å². The Balaban J connectivity index is 2.38. The zero-order valence-electron chi connectivity index (χ0n) is 12.2. The average Bonchev–Trinajstić information content (AvgIpc) is 2.40. The van der Waals surface area contributed by atoms with Gasteiger partial charge in [-0.25, -0.2) is 0 Å². The lowest BCUT2D eigenvalue weighted by molar-refractivity contribution is -0.151. The molecule has 0 spiro atoms. The highest BCUT2D eigenvalue weighted by Gasteiger charge is 2.34. The lowest BCUT2D eigenvalue weighted by Crippen LogP contribution is -2.33. The normalized spacial score (nSPS) is 15.6. The number of carboxylic acid groups (broad SMARTS) is 1. The summed E-state index contributed by atoms with van der Waals surface area (Å²) >= 11 is 0. The molecule has 4 heteroatoms. The van der Waals surface area contributed by atoms with Crippen molar-refractivity contribution in [3.63, 3.8) is 0 Å². The lowest BCUT2D eigenvalue weighted by Gasteiger charge is -2.26. The Labute approximate surface area is 120 Å². The molecular weight excluding hydrogens is 256 g/mol. The van der Waals surface area contributed by atoms with E-state index in [-0.39, 0.29) is 13.0 Å². The molecule has 0 fully saturated rings. The summed E-state index contributed by atoms with van der Waals surface area (Å²) in [5.41, 5.74) is 0.152. The zero-order valence-corrected chi connectivity index (χ0v) is 12.2. The second-order valence-electron chi connectivity index (χ2n) is 5.47. The van der Waals surface area contributed by atoms with Crippen LogP contribution in [0.3, 0.4) is 0 Å². The van der Waals surface area contributed by atoms with Crippen LogP contribution >= 0.6 is 0 Å². The number of hydrogen-bond acceptors (Lipinski definition) is 3. The maximum Gasteiger partial charge on any atom is 0.309 e. The molecule has 0 aliphatic carbocycles. The number of aliphatic carboxylic acids is 1. The molecule has 4 nitrogen and oxygen atoms in total. The Kier molecular flexibility index (Phi) is 6.68. The van der Waals surface area contributed by atoms with E-state index >= 15 is 0 Å². The van der Waals surface area contributed by atoms with Crippen molar-refractivity contribution in [2.75, 3.05) is 6.61 Å².